The van der Waals surface area contributed by atoms with Crippen LogP contribution in [0.3, 0.4) is 0 Å². The average molecular weight is 509 g/mol. The van der Waals surface area contributed by atoms with Gasteiger partial charge < -0.3 is 9.84 Å². The largest absolute Gasteiger partial charge is 0.493 e. The molecular formula is C27H32N2O4SSi. The van der Waals surface area contributed by atoms with Gasteiger partial charge in [0.15, 0.2) is 0 Å². The van der Waals surface area contributed by atoms with Gasteiger partial charge in [0.2, 0.25) is 5.88 Å². The molecule has 1 N–H and O–H groups in total. The molecule has 0 radical (unpaired) electrons. The molecule has 0 fully saturated rings. The minimum atomic E-state index is -3.96. The minimum absolute atomic E-state index is 0.253. The summed E-state index contributed by atoms with van der Waals surface area (Å²) < 4.78 is 35.2. The predicted octanol–water partition coefficient (Wildman–Crippen LogP) is 5.92. The summed E-state index contributed by atoms with van der Waals surface area (Å²) in [7, 11) is -5.47. The van der Waals surface area contributed by atoms with Gasteiger partial charge in [-0.05, 0) is 41.3 Å². The van der Waals surface area contributed by atoms with Crippen molar-refractivity contribution in [2.75, 3.05) is 10.8 Å². The van der Waals surface area contributed by atoms with Crippen LogP contribution in [0.1, 0.15) is 16.7 Å². The molecule has 0 atom stereocenters. The number of anilines is 1. The Hall–Kier alpha value is -3.23. The zero-order valence-electron chi connectivity index (χ0n) is 20.4. The fourth-order valence-corrected chi connectivity index (χ4v) is 6.36. The average Bonchev–Trinajstić information content (AvgIpc) is 3.05. The Labute approximate surface area is 209 Å². The maximum absolute atomic E-state index is 13.4. The summed E-state index contributed by atoms with van der Waals surface area (Å²) in [5.41, 5.74) is 3.51. The monoisotopic (exact) mass is 508 g/mol. The maximum atomic E-state index is 13.4. The van der Waals surface area contributed by atoms with Crippen LogP contribution < -0.4 is 9.04 Å². The lowest BCUT2D eigenvalue weighted by atomic mass is 10.0. The maximum Gasteiger partial charge on any atom is 0.332 e. The highest BCUT2D eigenvalue weighted by molar-refractivity contribution is 7.91. The number of aliphatic hydroxyl groups excluding tert-OH is 1. The molecule has 1 heterocycles. The first-order valence-corrected chi connectivity index (χ1v) is 16.8. The van der Waals surface area contributed by atoms with E-state index in [1.807, 2.05) is 60.7 Å². The number of benzene rings is 3. The van der Waals surface area contributed by atoms with E-state index in [0.717, 1.165) is 31.3 Å². The Morgan fingerprint density at radius 1 is 0.857 bits per heavy atom. The Bertz CT molecular complexity index is 1290. The molecule has 35 heavy (non-hydrogen) atoms. The van der Waals surface area contributed by atoms with Gasteiger partial charge >= 0.3 is 10.2 Å². The number of aliphatic hydroxyl groups is 1. The summed E-state index contributed by atoms with van der Waals surface area (Å²) in [6.07, 6.45) is 1.96. The van der Waals surface area contributed by atoms with E-state index >= 15 is 0 Å². The van der Waals surface area contributed by atoms with Crippen molar-refractivity contribution in [2.24, 2.45) is 0 Å². The second-order valence-electron chi connectivity index (χ2n) is 9.91. The predicted molar refractivity (Wildman–Crippen MR) is 143 cm³/mol. The smallest absolute Gasteiger partial charge is 0.332 e. The van der Waals surface area contributed by atoms with E-state index < -0.39 is 18.3 Å². The first-order chi connectivity index (χ1) is 16.6. The molecule has 3 aromatic rings. The third-order valence-electron chi connectivity index (χ3n) is 5.83. The van der Waals surface area contributed by atoms with Gasteiger partial charge in [-0.2, -0.15) is 8.42 Å². The summed E-state index contributed by atoms with van der Waals surface area (Å²) in [6.45, 7) is 7.08. The van der Waals surface area contributed by atoms with Crippen molar-refractivity contribution in [3.05, 3.63) is 108 Å². The first kappa shape index (κ1) is 24.9. The van der Waals surface area contributed by atoms with Crippen molar-refractivity contribution >= 4 is 24.0 Å². The van der Waals surface area contributed by atoms with Gasteiger partial charge in [-0.1, -0.05) is 86.4 Å². The Morgan fingerprint density at radius 2 is 1.49 bits per heavy atom. The quantitative estimate of drug-likeness (QED) is 0.364. The van der Waals surface area contributed by atoms with Gasteiger partial charge in [-0.25, -0.2) is 8.61 Å². The van der Waals surface area contributed by atoms with Crippen LogP contribution in [0.4, 0.5) is 5.69 Å². The second kappa shape index (κ2) is 10.2. The molecular weight excluding hydrogens is 476 g/mol. The molecule has 6 nitrogen and oxygen atoms in total. The zero-order chi connectivity index (χ0) is 25.1. The number of hydrogen-bond donors (Lipinski definition) is 1. The van der Waals surface area contributed by atoms with Gasteiger partial charge in [0, 0.05) is 14.6 Å². The summed E-state index contributed by atoms with van der Waals surface area (Å²) in [6, 6.07) is 26.1. The van der Waals surface area contributed by atoms with Crippen molar-refractivity contribution in [3.63, 3.8) is 0 Å². The Morgan fingerprint density at radius 3 is 2.11 bits per heavy atom. The van der Waals surface area contributed by atoms with Crippen LogP contribution in [0.15, 0.2) is 90.9 Å². The summed E-state index contributed by atoms with van der Waals surface area (Å²) in [5.74, 6) is 0.174. The SMILES string of the molecule is C[Si](C)(C)CCN1C(O)=CN(c2ccc(Cc3ccccc3)cc2OCc2ccccc2)S1(=O)=O. The number of rotatable bonds is 9. The van der Waals surface area contributed by atoms with E-state index in [0.29, 0.717) is 24.5 Å². The molecule has 184 valence electrons. The summed E-state index contributed by atoms with van der Waals surface area (Å²) >= 11 is 0. The highest BCUT2D eigenvalue weighted by Gasteiger charge is 2.39. The van der Waals surface area contributed by atoms with Crippen molar-refractivity contribution < 1.29 is 18.3 Å². The molecule has 0 aliphatic carbocycles. The van der Waals surface area contributed by atoms with Crippen molar-refractivity contribution in [1.29, 1.82) is 0 Å². The highest BCUT2D eigenvalue weighted by atomic mass is 32.2. The second-order valence-corrected chi connectivity index (χ2v) is 17.3. The molecule has 0 bridgehead atoms. The molecule has 0 unspecified atom stereocenters. The standard InChI is InChI=1S/C27H32N2O4SSi/c1-35(2,3)17-16-28-27(30)20-29(34(28,31)32)25-15-14-24(18-22-10-6-4-7-11-22)19-26(25)33-21-23-12-8-5-9-13-23/h4-15,19-20,30H,16-18,21H2,1-3H3. The summed E-state index contributed by atoms with van der Waals surface area (Å²) in [5, 5.41) is 10.5. The van der Waals surface area contributed by atoms with E-state index in [-0.39, 0.29) is 12.4 Å². The van der Waals surface area contributed by atoms with Crippen LogP contribution in [0.25, 0.3) is 0 Å². The molecule has 0 amide bonds. The topological polar surface area (TPSA) is 70.1 Å². The van der Waals surface area contributed by atoms with E-state index in [2.05, 4.69) is 31.8 Å². The lowest BCUT2D eigenvalue weighted by Gasteiger charge is -2.25. The lowest BCUT2D eigenvalue weighted by Crippen LogP contribution is -2.37. The van der Waals surface area contributed by atoms with Crippen molar-refractivity contribution in [1.82, 2.24) is 4.31 Å². The van der Waals surface area contributed by atoms with Gasteiger partial charge in [-0.3, -0.25) is 0 Å². The van der Waals surface area contributed by atoms with Crippen LogP contribution >= 0.6 is 0 Å². The number of hydrogen-bond acceptors (Lipinski definition) is 4. The molecule has 8 heteroatoms. The molecule has 3 aromatic carbocycles. The molecule has 1 aliphatic heterocycles. The third kappa shape index (κ3) is 6.07. The van der Waals surface area contributed by atoms with Crippen molar-refractivity contribution in [3.8, 4) is 5.75 Å². The minimum Gasteiger partial charge on any atom is -0.493 e. The first-order valence-electron chi connectivity index (χ1n) is 11.7. The van der Waals surface area contributed by atoms with Gasteiger partial charge in [-0.15, -0.1) is 0 Å². The molecule has 0 spiro atoms. The van der Waals surface area contributed by atoms with Crippen LogP contribution in [0.5, 0.6) is 5.75 Å². The van der Waals surface area contributed by atoms with Crippen LogP contribution in [-0.2, 0) is 23.2 Å². The zero-order valence-corrected chi connectivity index (χ0v) is 22.2. The third-order valence-corrected chi connectivity index (χ3v) is 9.28. The van der Waals surface area contributed by atoms with E-state index in [1.54, 1.807) is 6.07 Å². The Balaban J connectivity index is 1.66. The molecule has 0 saturated carbocycles. The van der Waals surface area contributed by atoms with Gasteiger partial charge in [0.1, 0.15) is 18.0 Å². The number of nitrogens with zero attached hydrogens (tertiary/aromatic N) is 2. The van der Waals surface area contributed by atoms with E-state index in [9.17, 15) is 13.5 Å². The highest BCUT2D eigenvalue weighted by Crippen LogP contribution is 2.38. The molecule has 0 aromatic heterocycles. The van der Waals surface area contributed by atoms with Gasteiger partial charge in [0.25, 0.3) is 0 Å². The normalized spacial score (nSPS) is 15.2. The fourth-order valence-electron chi connectivity index (χ4n) is 3.85. The lowest BCUT2D eigenvalue weighted by molar-refractivity contribution is 0.294. The fraction of sp³-hybridized carbons (Fsp3) is 0.259. The summed E-state index contributed by atoms with van der Waals surface area (Å²) in [4.78, 5) is 0. The van der Waals surface area contributed by atoms with E-state index in [1.165, 1.54) is 6.20 Å². The van der Waals surface area contributed by atoms with Gasteiger partial charge in [0.05, 0.1) is 6.20 Å². The van der Waals surface area contributed by atoms with Crippen molar-refractivity contribution in [2.45, 2.75) is 38.7 Å². The van der Waals surface area contributed by atoms with E-state index in [4.69, 9.17) is 4.74 Å². The Kier molecular flexibility index (Phi) is 7.23. The van der Waals surface area contributed by atoms with Crippen LogP contribution in [0.2, 0.25) is 25.7 Å². The van der Waals surface area contributed by atoms with Crippen LogP contribution in [-0.4, -0.2) is 32.4 Å². The van der Waals surface area contributed by atoms with Crippen LogP contribution in [0, 0.1) is 0 Å². The molecule has 4 rings (SSSR count). The molecule has 1 aliphatic rings. The number of ether oxygens (including phenoxy) is 1. The molecule has 0 saturated heterocycles.